The number of amides is 1. The highest BCUT2D eigenvalue weighted by Crippen LogP contribution is 2.42. The number of halogens is 1. The van der Waals surface area contributed by atoms with E-state index in [1.54, 1.807) is 36.4 Å². The number of aromatic nitrogens is 2. The molecule has 2 aromatic carbocycles. The SMILES string of the molecule is [C-]#[N+]c1c(N)nc(SCc2coc(-c3ccc(Cl)cc3)n2)c(C#N)c1-c1ccc(OC[C@@H](COC(=O)[C@H](C)CC(=O)[C@@H](N)CCC(=O)O)OC(=O)[C@H](C)NC(=O)[C@@H](N)CCC(=O)O)cc1. The second-order valence-corrected chi connectivity index (χ2v) is 15.9. The van der Waals surface area contributed by atoms with Gasteiger partial charge in [0.05, 0.1) is 35.8 Å². The van der Waals surface area contributed by atoms with Crippen molar-refractivity contribution < 1.29 is 57.6 Å². The fourth-order valence-corrected chi connectivity index (χ4v) is 6.79. The maximum absolute atomic E-state index is 13.1. The predicted molar refractivity (Wildman–Crippen MR) is 234 cm³/mol. The van der Waals surface area contributed by atoms with Crippen LogP contribution < -0.4 is 27.3 Å². The molecule has 2 heterocycles. The van der Waals surface area contributed by atoms with Gasteiger partial charge in [-0.2, -0.15) is 5.26 Å². The molecule has 2 aromatic heterocycles. The number of pyridine rings is 1. The van der Waals surface area contributed by atoms with Crippen molar-refractivity contribution in [3.8, 4) is 34.4 Å². The Morgan fingerprint density at radius 2 is 1.57 bits per heavy atom. The number of ether oxygens (including phenoxy) is 3. The van der Waals surface area contributed by atoms with E-state index in [1.807, 2.05) is 0 Å². The molecule has 0 saturated carbocycles. The Hall–Kier alpha value is -7.04. The van der Waals surface area contributed by atoms with E-state index < -0.39 is 78.9 Å². The van der Waals surface area contributed by atoms with Crippen molar-refractivity contribution in [2.24, 2.45) is 17.4 Å². The molecule has 1 amide bonds. The van der Waals surface area contributed by atoms with Crippen LogP contribution in [0.4, 0.5) is 11.5 Å². The Bertz CT molecular complexity index is 2450. The molecule has 0 aliphatic heterocycles. The number of anilines is 1. The molecule has 342 valence electrons. The number of carbonyl (C=O) groups excluding carboxylic acids is 4. The van der Waals surface area contributed by atoms with Gasteiger partial charge in [0, 0.05) is 41.2 Å². The molecule has 0 spiro atoms. The molecule has 9 N–H and O–H groups in total. The number of nitrogens with zero attached hydrogens (tertiary/aromatic N) is 4. The third-order valence-electron chi connectivity index (χ3n) is 9.37. The first-order valence-electron chi connectivity index (χ1n) is 19.7. The molecule has 0 saturated heterocycles. The molecule has 4 rings (SSSR count). The van der Waals surface area contributed by atoms with Crippen LogP contribution in [0.2, 0.25) is 5.02 Å². The van der Waals surface area contributed by atoms with Crippen molar-refractivity contribution in [3.05, 3.63) is 82.5 Å². The van der Waals surface area contributed by atoms with Gasteiger partial charge in [0.2, 0.25) is 17.5 Å². The van der Waals surface area contributed by atoms with Crippen LogP contribution >= 0.6 is 23.4 Å². The summed E-state index contributed by atoms with van der Waals surface area (Å²) in [5, 5.41) is 31.3. The number of ketones is 1. The van der Waals surface area contributed by atoms with Crippen LogP contribution in [0.3, 0.4) is 0 Å². The van der Waals surface area contributed by atoms with Crippen molar-refractivity contribution in [1.29, 1.82) is 5.26 Å². The lowest BCUT2D eigenvalue weighted by Gasteiger charge is -2.22. The predicted octanol–water partition coefficient (Wildman–Crippen LogP) is 4.67. The number of nitrogens with one attached hydrogen (secondary N) is 1. The van der Waals surface area contributed by atoms with Crippen LogP contribution in [0.25, 0.3) is 27.4 Å². The third-order valence-corrected chi connectivity index (χ3v) is 10.6. The summed E-state index contributed by atoms with van der Waals surface area (Å²) in [6.45, 7) is 9.54. The van der Waals surface area contributed by atoms with Crippen LogP contribution in [0.15, 0.2) is 64.2 Å². The summed E-state index contributed by atoms with van der Waals surface area (Å²) in [7, 11) is 0. The number of hydrogen-bond acceptors (Lipinski definition) is 17. The number of carbonyl (C=O) groups is 6. The standard InChI is InChI=1S/C43H45ClN8O12S/c1-22(16-33(53)31(46)12-14-34(54)55)42(59)63-20-29(64-43(60)23(2)50-39(58)32(47)13-15-35(56)57)19-61-28-10-6-24(7-11-28)36-30(17-45)41(52-38(48)37(36)49-3)65-21-27-18-62-40(51-27)25-4-8-26(44)9-5-25/h4-11,18,22-23,29,31-32H,12-16,19-21,46-47H2,1-2H3,(H2,48,52)(H,50,58)(H,54,55)(H,56,57)/t22-,23+,29+,31+,32+/m1/s1. The fourth-order valence-electron chi connectivity index (χ4n) is 5.79. The number of nitrogens with two attached hydrogens (primary N) is 3. The van der Waals surface area contributed by atoms with Gasteiger partial charge in [0.15, 0.2) is 6.10 Å². The van der Waals surface area contributed by atoms with Gasteiger partial charge in [-0.1, -0.05) is 42.4 Å². The Labute approximate surface area is 381 Å². The van der Waals surface area contributed by atoms with Gasteiger partial charge in [-0.05, 0) is 61.7 Å². The van der Waals surface area contributed by atoms with Gasteiger partial charge < -0.3 is 51.4 Å². The molecule has 0 bridgehead atoms. The van der Waals surface area contributed by atoms with E-state index >= 15 is 0 Å². The molecular weight excluding hydrogens is 888 g/mol. The van der Waals surface area contributed by atoms with E-state index in [2.05, 4.69) is 26.2 Å². The number of aliphatic carboxylic acids is 2. The highest BCUT2D eigenvalue weighted by molar-refractivity contribution is 7.98. The second-order valence-electron chi connectivity index (χ2n) is 14.5. The zero-order valence-electron chi connectivity index (χ0n) is 35.0. The topological polar surface area (TPSA) is 328 Å². The summed E-state index contributed by atoms with van der Waals surface area (Å²) in [5.41, 5.74) is 19.7. The van der Waals surface area contributed by atoms with Crippen molar-refractivity contribution in [1.82, 2.24) is 15.3 Å². The number of benzene rings is 2. The lowest BCUT2D eigenvalue weighted by Crippen LogP contribution is -2.48. The first kappa shape index (κ1) is 50.6. The number of oxazole rings is 1. The number of rotatable bonds is 24. The molecule has 5 atom stereocenters. The summed E-state index contributed by atoms with van der Waals surface area (Å²) in [6, 6.07) is 11.6. The van der Waals surface area contributed by atoms with Crippen LogP contribution in [-0.4, -0.2) is 93.2 Å². The number of nitrogen functional groups attached to an aromatic ring is 1. The average molecular weight is 933 g/mol. The Morgan fingerprint density at radius 3 is 2.18 bits per heavy atom. The number of hydrogen-bond donors (Lipinski definition) is 6. The van der Waals surface area contributed by atoms with Crippen molar-refractivity contribution >= 4 is 70.4 Å². The molecule has 0 aliphatic rings. The molecule has 65 heavy (non-hydrogen) atoms. The Balaban J connectivity index is 1.49. The monoisotopic (exact) mass is 932 g/mol. The lowest BCUT2D eigenvalue weighted by atomic mass is 9.98. The highest BCUT2D eigenvalue weighted by Gasteiger charge is 2.28. The van der Waals surface area contributed by atoms with Gasteiger partial charge in [0.1, 0.15) is 54.0 Å². The van der Waals surface area contributed by atoms with Crippen LogP contribution in [0.1, 0.15) is 57.2 Å². The summed E-state index contributed by atoms with van der Waals surface area (Å²) in [5.74, 6) is -5.80. The van der Waals surface area contributed by atoms with Gasteiger partial charge in [-0.3, -0.25) is 24.0 Å². The minimum Gasteiger partial charge on any atom is -0.490 e. The summed E-state index contributed by atoms with van der Waals surface area (Å²) < 4.78 is 22.4. The number of Topliss-reactive ketones (excluding diaryl/α,β-unsaturated/α-hetero) is 1. The number of thioether (sulfide) groups is 1. The zero-order valence-corrected chi connectivity index (χ0v) is 36.6. The highest BCUT2D eigenvalue weighted by atomic mass is 35.5. The van der Waals surface area contributed by atoms with E-state index in [1.165, 1.54) is 44.0 Å². The molecule has 0 fully saturated rings. The largest absolute Gasteiger partial charge is 0.490 e. The van der Waals surface area contributed by atoms with Gasteiger partial charge in [-0.15, -0.1) is 0 Å². The van der Waals surface area contributed by atoms with E-state index in [9.17, 15) is 34.0 Å². The number of carboxylic acids is 2. The van der Waals surface area contributed by atoms with Crippen LogP contribution in [-0.2, 0) is 44.0 Å². The molecule has 0 radical (unpaired) electrons. The van der Waals surface area contributed by atoms with Crippen LogP contribution in [0, 0.1) is 23.8 Å². The van der Waals surface area contributed by atoms with Crippen molar-refractivity contribution in [2.75, 3.05) is 18.9 Å². The molecule has 20 nitrogen and oxygen atoms in total. The normalized spacial score (nSPS) is 13.2. The molecule has 0 aliphatic carbocycles. The number of carboxylic acid groups (broad SMARTS) is 2. The lowest BCUT2D eigenvalue weighted by molar-refractivity contribution is -0.164. The van der Waals surface area contributed by atoms with Crippen molar-refractivity contribution in [3.63, 3.8) is 0 Å². The molecular formula is C43H45ClN8O12S. The second kappa shape index (κ2) is 24.1. The van der Waals surface area contributed by atoms with E-state index in [0.717, 1.165) is 0 Å². The fraction of sp³-hybridized carbons (Fsp3) is 0.349. The zero-order chi connectivity index (χ0) is 47.8. The third kappa shape index (κ3) is 15.0. The quantitative estimate of drug-likeness (QED) is 0.0316. The Morgan fingerprint density at radius 1 is 0.938 bits per heavy atom. The van der Waals surface area contributed by atoms with Gasteiger partial charge in [0.25, 0.3) is 0 Å². The minimum atomic E-state index is -1.29. The maximum Gasteiger partial charge on any atom is 0.328 e. The van der Waals surface area contributed by atoms with E-state index in [-0.39, 0.29) is 71.3 Å². The summed E-state index contributed by atoms with van der Waals surface area (Å²) in [6.07, 6.45) is -1.20. The average Bonchev–Trinajstić information content (AvgIpc) is 3.76. The smallest absolute Gasteiger partial charge is 0.328 e. The number of nitriles is 1. The first-order chi connectivity index (χ1) is 30.9. The van der Waals surface area contributed by atoms with Gasteiger partial charge >= 0.3 is 23.9 Å². The van der Waals surface area contributed by atoms with E-state index in [4.69, 9.17) is 64.2 Å². The Kier molecular flexibility index (Phi) is 18.8. The maximum atomic E-state index is 13.1. The summed E-state index contributed by atoms with van der Waals surface area (Å²) in [4.78, 5) is 85.2. The number of esters is 2. The summed E-state index contributed by atoms with van der Waals surface area (Å²) >= 11 is 7.16. The van der Waals surface area contributed by atoms with E-state index in [0.29, 0.717) is 27.7 Å². The van der Waals surface area contributed by atoms with Gasteiger partial charge in [-0.25, -0.2) is 19.6 Å². The van der Waals surface area contributed by atoms with Crippen LogP contribution in [0.5, 0.6) is 5.75 Å². The molecule has 4 aromatic rings. The minimum absolute atomic E-state index is 0.0537. The van der Waals surface area contributed by atoms with Crippen molar-refractivity contribution in [2.45, 2.75) is 81.0 Å². The molecule has 0 unspecified atom stereocenters. The first-order valence-corrected chi connectivity index (χ1v) is 21.1. The molecule has 22 heteroatoms.